The lowest BCUT2D eigenvalue weighted by molar-refractivity contribution is 0.0743. The molecule has 0 radical (unpaired) electrons. The summed E-state index contributed by atoms with van der Waals surface area (Å²) < 4.78 is 5.33. The molecule has 1 saturated heterocycles. The molecule has 13 heavy (non-hydrogen) atoms. The van der Waals surface area contributed by atoms with E-state index >= 15 is 0 Å². The van der Waals surface area contributed by atoms with Gasteiger partial charge in [-0.25, -0.2) is 0 Å². The highest BCUT2D eigenvalue weighted by atomic mass is 16.5. The van der Waals surface area contributed by atoms with Crippen molar-refractivity contribution in [2.75, 3.05) is 13.2 Å². The third kappa shape index (κ3) is 4.10. The van der Waals surface area contributed by atoms with Gasteiger partial charge in [-0.05, 0) is 25.7 Å². The Balaban J connectivity index is 2.18. The van der Waals surface area contributed by atoms with E-state index in [-0.39, 0.29) is 0 Å². The summed E-state index contributed by atoms with van der Waals surface area (Å²) in [5.74, 6) is 0. The predicted octanol–water partition coefficient (Wildman–Crippen LogP) is 2.33. The fourth-order valence-corrected chi connectivity index (χ4v) is 1.95. The molecular formula is C11H23NO. The van der Waals surface area contributed by atoms with Gasteiger partial charge in [0.1, 0.15) is 0 Å². The molecule has 1 rings (SSSR count). The van der Waals surface area contributed by atoms with Crippen LogP contribution < -0.4 is 5.32 Å². The molecule has 0 saturated carbocycles. The zero-order valence-electron chi connectivity index (χ0n) is 9.01. The molecule has 1 atom stereocenters. The molecule has 0 aromatic rings. The normalized spacial score (nSPS) is 21.7. The Bertz CT molecular complexity index is 119. The van der Waals surface area contributed by atoms with Crippen molar-refractivity contribution >= 4 is 0 Å². The summed E-state index contributed by atoms with van der Waals surface area (Å²) in [6, 6.07) is 1.44. The van der Waals surface area contributed by atoms with Gasteiger partial charge in [0.15, 0.2) is 0 Å². The third-order valence-electron chi connectivity index (χ3n) is 2.82. The highest BCUT2D eigenvalue weighted by molar-refractivity contribution is 4.75. The second kappa shape index (κ2) is 6.39. The van der Waals surface area contributed by atoms with Crippen molar-refractivity contribution in [3.63, 3.8) is 0 Å². The van der Waals surface area contributed by atoms with Crippen LogP contribution in [0.5, 0.6) is 0 Å². The van der Waals surface area contributed by atoms with Crippen LogP contribution in [0, 0.1) is 0 Å². The average Bonchev–Trinajstić information content (AvgIpc) is 2.19. The molecule has 1 aliphatic heterocycles. The van der Waals surface area contributed by atoms with Crippen LogP contribution in [-0.4, -0.2) is 25.3 Å². The monoisotopic (exact) mass is 185 g/mol. The molecule has 2 heteroatoms. The van der Waals surface area contributed by atoms with Gasteiger partial charge in [-0.15, -0.1) is 0 Å². The van der Waals surface area contributed by atoms with Crippen molar-refractivity contribution in [1.82, 2.24) is 5.32 Å². The van der Waals surface area contributed by atoms with E-state index in [1.807, 2.05) is 0 Å². The lowest BCUT2D eigenvalue weighted by Crippen LogP contribution is -2.41. The van der Waals surface area contributed by atoms with Gasteiger partial charge >= 0.3 is 0 Å². The third-order valence-corrected chi connectivity index (χ3v) is 2.82. The van der Waals surface area contributed by atoms with Crippen molar-refractivity contribution < 1.29 is 4.74 Å². The summed E-state index contributed by atoms with van der Waals surface area (Å²) >= 11 is 0. The first-order valence-corrected chi connectivity index (χ1v) is 5.70. The maximum atomic E-state index is 5.33. The molecule has 1 heterocycles. The number of ether oxygens (including phenoxy) is 1. The van der Waals surface area contributed by atoms with E-state index in [9.17, 15) is 0 Å². The number of rotatable bonds is 5. The lowest BCUT2D eigenvalue weighted by atomic mass is 10.0. The second-order valence-corrected chi connectivity index (χ2v) is 3.95. The van der Waals surface area contributed by atoms with E-state index in [0.717, 1.165) is 19.3 Å². The maximum absolute atomic E-state index is 5.33. The highest BCUT2D eigenvalue weighted by Crippen LogP contribution is 2.10. The summed E-state index contributed by atoms with van der Waals surface area (Å²) in [5.41, 5.74) is 0. The van der Waals surface area contributed by atoms with Crippen LogP contribution >= 0.6 is 0 Å². The maximum Gasteiger partial charge on any atom is 0.0480 e. The molecule has 1 unspecified atom stereocenters. The molecule has 0 aliphatic carbocycles. The number of hydrogen-bond donors (Lipinski definition) is 1. The molecule has 78 valence electrons. The van der Waals surface area contributed by atoms with Crippen molar-refractivity contribution in [1.29, 1.82) is 0 Å². The van der Waals surface area contributed by atoms with Crippen molar-refractivity contribution in [3.05, 3.63) is 0 Å². The molecule has 0 bridgehead atoms. The van der Waals surface area contributed by atoms with E-state index in [2.05, 4.69) is 19.2 Å². The largest absolute Gasteiger partial charge is 0.381 e. The minimum absolute atomic E-state index is 0.713. The van der Waals surface area contributed by atoms with Crippen molar-refractivity contribution in [2.24, 2.45) is 0 Å². The van der Waals surface area contributed by atoms with Gasteiger partial charge in [-0.1, -0.05) is 20.3 Å². The first-order chi connectivity index (χ1) is 6.36. The molecule has 0 aromatic carbocycles. The van der Waals surface area contributed by atoms with Crippen LogP contribution in [-0.2, 0) is 4.74 Å². The molecule has 1 N–H and O–H groups in total. The van der Waals surface area contributed by atoms with Crippen molar-refractivity contribution in [2.45, 2.75) is 58.0 Å². The van der Waals surface area contributed by atoms with E-state index < -0.39 is 0 Å². The quantitative estimate of drug-likeness (QED) is 0.710. The fraction of sp³-hybridized carbons (Fsp3) is 1.00. The number of nitrogens with one attached hydrogen (secondary N) is 1. The molecule has 1 fully saturated rings. The van der Waals surface area contributed by atoms with E-state index in [1.165, 1.54) is 32.1 Å². The zero-order chi connectivity index (χ0) is 9.52. The van der Waals surface area contributed by atoms with Crippen LogP contribution in [0.1, 0.15) is 46.0 Å². The molecule has 1 aliphatic rings. The Hall–Kier alpha value is -0.0800. The topological polar surface area (TPSA) is 21.3 Å². The van der Waals surface area contributed by atoms with Gasteiger partial charge < -0.3 is 10.1 Å². The smallest absolute Gasteiger partial charge is 0.0480 e. The molecular weight excluding hydrogens is 162 g/mol. The van der Waals surface area contributed by atoms with Crippen LogP contribution in [0.2, 0.25) is 0 Å². The summed E-state index contributed by atoms with van der Waals surface area (Å²) in [7, 11) is 0. The lowest BCUT2D eigenvalue weighted by Gasteiger charge is -2.27. The standard InChI is InChI=1S/C11H23NO/c1-3-5-10(4-2)12-11-6-8-13-9-7-11/h10-12H,3-9H2,1-2H3. The van der Waals surface area contributed by atoms with Crippen LogP contribution in [0.25, 0.3) is 0 Å². The van der Waals surface area contributed by atoms with E-state index in [1.54, 1.807) is 0 Å². The van der Waals surface area contributed by atoms with Gasteiger partial charge in [0.25, 0.3) is 0 Å². The van der Waals surface area contributed by atoms with Gasteiger partial charge in [0.2, 0.25) is 0 Å². The summed E-state index contributed by atoms with van der Waals surface area (Å²) in [6.45, 7) is 6.42. The zero-order valence-corrected chi connectivity index (χ0v) is 9.01. The second-order valence-electron chi connectivity index (χ2n) is 3.95. The molecule has 2 nitrogen and oxygen atoms in total. The van der Waals surface area contributed by atoms with Crippen LogP contribution in [0.4, 0.5) is 0 Å². The van der Waals surface area contributed by atoms with Gasteiger partial charge in [0, 0.05) is 25.3 Å². The van der Waals surface area contributed by atoms with Gasteiger partial charge in [-0.2, -0.15) is 0 Å². The Kier molecular flexibility index (Phi) is 5.40. The first-order valence-electron chi connectivity index (χ1n) is 5.70. The fourth-order valence-electron chi connectivity index (χ4n) is 1.95. The predicted molar refractivity (Wildman–Crippen MR) is 56.0 cm³/mol. The SMILES string of the molecule is CCCC(CC)NC1CCOCC1. The van der Waals surface area contributed by atoms with Crippen LogP contribution in [0.3, 0.4) is 0 Å². The van der Waals surface area contributed by atoms with Crippen molar-refractivity contribution in [3.8, 4) is 0 Å². The Morgan fingerprint density at radius 1 is 1.31 bits per heavy atom. The minimum atomic E-state index is 0.713. The summed E-state index contributed by atoms with van der Waals surface area (Å²) in [6.07, 6.45) is 6.24. The number of hydrogen-bond acceptors (Lipinski definition) is 2. The van der Waals surface area contributed by atoms with Gasteiger partial charge in [0.05, 0.1) is 0 Å². The molecule has 0 amide bonds. The Morgan fingerprint density at radius 3 is 2.54 bits per heavy atom. The first kappa shape index (κ1) is 11.0. The minimum Gasteiger partial charge on any atom is -0.381 e. The Labute approximate surface area is 82.0 Å². The van der Waals surface area contributed by atoms with E-state index in [0.29, 0.717) is 6.04 Å². The van der Waals surface area contributed by atoms with E-state index in [4.69, 9.17) is 4.74 Å². The van der Waals surface area contributed by atoms with Crippen LogP contribution in [0.15, 0.2) is 0 Å². The molecule has 0 spiro atoms. The van der Waals surface area contributed by atoms with Gasteiger partial charge in [-0.3, -0.25) is 0 Å². The summed E-state index contributed by atoms with van der Waals surface area (Å²) in [5, 5.41) is 3.73. The highest BCUT2D eigenvalue weighted by Gasteiger charge is 2.16. The average molecular weight is 185 g/mol. The summed E-state index contributed by atoms with van der Waals surface area (Å²) in [4.78, 5) is 0. The Morgan fingerprint density at radius 2 is 2.00 bits per heavy atom. The molecule has 0 aromatic heterocycles.